The molecule has 2 N–H and O–H groups in total. The van der Waals surface area contributed by atoms with E-state index in [9.17, 15) is 0 Å². The van der Waals surface area contributed by atoms with Crippen molar-refractivity contribution in [2.24, 2.45) is 4.99 Å². The van der Waals surface area contributed by atoms with Gasteiger partial charge in [0.2, 0.25) is 0 Å². The van der Waals surface area contributed by atoms with Gasteiger partial charge in [0.25, 0.3) is 0 Å². The first kappa shape index (κ1) is 19.7. The molecule has 1 aliphatic rings. The standard InChI is InChI=1S/C20H29ClN6/c1-2-19-26-24-15-27(19)14-13-23-20(25-18-5-3-4-6-18)22-12-11-16-7-9-17(21)10-8-16/h7-10,15,18H,2-6,11-14H2,1H3,(H2,22,23,25). The summed E-state index contributed by atoms with van der Waals surface area (Å²) in [5.41, 5.74) is 1.25. The highest BCUT2D eigenvalue weighted by molar-refractivity contribution is 6.30. The summed E-state index contributed by atoms with van der Waals surface area (Å²) in [6.07, 6.45) is 8.64. The molecule has 1 aromatic heterocycles. The number of nitrogens with one attached hydrogen (secondary N) is 2. The van der Waals surface area contributed by atoms with Crippen molar-refractivity contribution in [2.45, 2.75) is 58.0 Å². The summed E-state index contributed by atoms with van der Waals surface area (Å²) in [5, 5.41) is 16.0. The minimum absolute atomic E-state index is 0.535. The van der Waals surface area contributed by atoms with Gasteiger partial charge in [-0.25, -0.2) is 0 Å². The van der Waals surface area contributed by atoms with Gasteiger partial charge in [0.1, 0.15) is 12.2 Å². The SMILES string of the molecule is CCc1nncn1CCNC(=NCCc1ccc(Cl)cc1)NC1CCCC1. The molecule has 0 saturated heterocycles. The van der Waals surface area contributed by atoms with Gasteiger partial charge < -0.3 is 15.2 Å². The van der Waals surface area contributed by atoms with Gasteiger partial charge in [-0.1, -0.05) is 43.5 Å². The van der Waals surface area contributed by atoms with Crippen LogP contribution in [0.1, 0.15) is 44.0 Å². The molecule has 0 aliphatic heterocycles. The molecule has 1 heterocycles. The predicted octanol–water partition coefficient (Wildman–Crippen LogP) is 3.21. The molecule has 3 rings (SSSR count). The highest BCUT2D eigenvalue weighted by Crippen LogP contribution is 2.17. The minimum Gasteiger partial charge on any atom is -0.355 e. The fraction of sp³-hybridized carbons (Fsp3) is 0.550. The molecule has 0 amide bonds. The van der Waals surface area contributed by atoms with Gasteiger partial charge in [0.05, 0.1) is 0 Å². The number of hydrogen-bond donors (Lipinski definition) is 2. The second-order valence-electron chi connectivity index (χ2n) is 6.95. The lowest BCUT2D eigenvalue weighted by molar-refractivity contribution is 0.593. The van der Waals surface area contributed by atoms with Gasteiger partial charge in [0.15, 0.2) is 5.96 Å². The third kappa shape index (κ3) is 6.24. The lowest BCUT2D eigenvalue weighted by Gasteiger charge is -2.18. The number of benzene rings is 1. The molecule has 1 aliphatic carbocycles. The molecule has 27 heavy (non-hydrogen) atoms. The smallest absolute Gasteiger partial charge is 0.191 e. The number of hydrogen-bond acceptors (Lipinski definition) is 3. The van der Waals surface area contributed by atoms with Crippen LogP contribution < -0.4 is 10.6 Å². The molecule has 2 aromatic rings. The van der Waals surface area contributed by atoms with Crippen molar-refractivity contribution in [3.63, 3.8) is 0 Å². The number of halogens is 1. The molecular formula is C20H29ClN6. The van der Waals surface area contributed by atoms with Crippen molar-refractivity contribution >= 4 is 17.6 Å². The molecular weight excluding hydrogens is 360 g/mol. The summed E-state index contributed by atoms with van der Waals surface area (Å²) >= 11 is 5.95. The Morgan fingerprint density at radius 3 is 2.78 bits per heavy atom. The van der Waals surface area contributed by atoms with Gasteiger partial charge >= 0.3 is 0 Å². The van der Waals surface area contributed by atoms with Gasteiger partial charge in [-0.3, -0.25) is 4.99 Å². The largest absolute Gasteiger partial charge is 0.355 e. The molecule has 0 spiro atoms. The zero-order chi connectivity index (χ0) is 18.9. The van der Waals surface area contributed by atoms with E-state index in [1.807, 2.05) is 12.1 Å². The molecule has 0 bridgehead atoms. The van der Waals surface area contributed by atoms with E-state index in [-0.39, 0.29) is 0 Å². The van der Waals surface area contributed by atoms with E-state index in [2.05, 4.69) is 44.5 Å². The second kappa shape index (κ2) is 10.3. The number of rotatable bonds is 8. The van der Waals surface area contributed by atoms with Gasteiger partial charge in [0, 0.05) is 37.1 Å². The quantitative estimate of drug-likeness (QED) is 0.538. The first-order valence-electron chi connectivity index (χ1n) is 9.90. The molecule has 1 saturated carbocycles. The molecule has 0 atom stereocenters. The monoisotopic (exact) mass is 388 g/mol. The average molecular weight is 389 g/mol. The predicted molar refractivity (Wildman–Crippen MR) is 110 cm³/mol. The van der Waals surface area contributed by atoms with Crippen molar-refractivity contribution in [1.29, 1.82) is 0 Å². The Morgan fingerprint density at radius 1 is 1.26 bits per heavy atom. The Labute approximate surface area is 166 Å². The first-order chi connectivity index (χ1) is 13.2. The summed E-state index contributed by atoms with van der Waals surface area (Å²) in [6, 6.07) is 8.52. The lowest BCUT2D eigenvalue weighted by atomic mass is 10.1. The summed E-state index contributed by atoms with van der Waals surface area (Å²) in [4.78, 5) is 4.79. The molecule has 1 aromatic carbocycles. The summed E-state index contributed by atoms with van der Waals surface area (Å²) in [7, 11) is 0. The maximum atomic E-state index is 5.95. The minimum atomic E-state index is 0.535. The Kier molecular flexibility index (Phi) is 7.51. The second-order valence-corrected chi connectivity index (χ2v) is 7.39. The summed E-state index contributed by atoms with van der Waals surface area (Å²) in [5.74, 6) is 1.92. The normalized spacial score (nSPS) is 15.3. The zero-order valence-electron chi connectivity index (χ0n) is 16.0. The Bertz CT molecular complexity index is 718. The maximum absolute atomic E-state index is 5.95. The maximum Gasteiger partial charge on any atom is 0.191 e. The van der Waals surface area contributed by atoms with Crippen LogP contribution in [0, 0.1) is 0 Å². The Balaban J connectivity index is 1.53. The van der Waals surface area contributed by atoms with E-state index in [1.165, 1.54) is 31.2 Å². The van der Waals surface area contributed by atoms with Crippen molar-refractivity contribution in [3.8, 4) is 0 Å². The van der Waals surface area contributed by atoms with Crippen molar-refractivity contribution in [3.05, 3.63) is 47.0 Å². The average Bonchev–Trinajstić information content (AvgIpc) is 3.35. The zero-order valence-corrected chi connectivity index (χ0v) is 16.8. The summed E-state index contributed by atoms with van der Waals surface area (Å²) in [6.45, 7) is 4.47. The highest BCUT2D eigenvalue weighted by Gasteiger charge is 2.16. The van der Waals surface area contributed by atoms with Crippen LogP contribution in [0.15, 0.2) is 35.6 Å². The van der Waals surface area contributed by atoms with E-state index in [4.69, 9.17) is 16.6 Å². The van der Waals surface area contributed by atoms with Crippen LogP contribution in [0.2, 0.25) is 5.02 Å². The van der Waals surface area contributed by atoms with Crippen LogP contribution in [0.3, 0.4) is 0 Å². The van der Waals surface area contributed by atoms with Gasteiger partial charge in [-0.05, 0) is 37.0 Å². The van der Waals surface area contributed by atoms with Crippen molar-refractivity contribution < 1.29 is 0 Å². The van der Waals surface area contributed by atoms with Crippen LogP contribution in [0.5, 0.6) is 0 Å². The number of aliphatic imine (C=N–C) groups is 1. The number of guanidine groups is 1. The van der Waals surface area contributed by atoms with Crippen LogP contribution in [0.25, 0.3) is 0 Å². The Morgan fingerprint density at radius 2 is 2.04 bits per heavy atom. The fourth-order valence-corrected chi connectivity index (χ4v) is 3.52. The Hall–Kier alpha value is -2.08. The van der Waals surface area contributed by atoms with E-state index < -0.39 is 0 Å². The van der Waals surface area contributed by atoms with Crippen LogP contribution >= 0.6 is 11.6 Å². The molecule has 0 radical (unpaired) electrons. The number of nitrogens with zero attached hydrogens (tertiary/aromatic N) is 4. The van der Waals surface area contributed by atoms with Gasteiger partial charge in [-0.15, -0.1) is 10.2 Å². The first-order valence-corrected chi connectivity index (χ1v) is 10.3. The number of aryl methyl sites for hydroxylation is 1. The molecule has 0 unspecified atom stereocenters. The van der Waals surface area contributed by atoms with Crippen molar-refractivity contribution in [2.75, 3.05) is 13.1 Å². The highest BCUT2D eigenvalue weighted by atomic mass is 35.5. The fourth-order valence-electron chi connectivity index (χ4n) is 3.40. The van der Waals surface area contributed by atoms with Crippen LogP contribution in [-0.2, 0) is 19.4 Å². The van der Waals surface area contributed by atoms with Crippen LogP contribution in [-0.4, -0.2) is 39.9 Å². The topological polar surface area (TPSA) is 67.1 Å². The van der Waals surface area contributed by atoms with Crippen molar-refractivity contribution in [1.82, 2.24) is 25.4 Å². The third-order valence-corrected chi connectivity index (χ3v) is 5.19. The molecule has 6 nitrogen and oxygen atoms in total. The summed E-state index contributed by atoms with van der Waals surface area (Å²) < 4.78 is 2.09. The molecule has 7 heteroatoms. The van der Waals surface area contributed by atoms with E-state index in [1.54, 1.807) is 6.33 Å². The van der Waals surface area contributed by atoms with E-state index in [0.29, 0.717) is 6.04 Å². The molecule has 1 fully saturated rings. The van der Waals surface area contributed by atoms with E-state index >= 15 is 0 Å². The van der Waals surface area contributed by atoms with Crippen LogP contribution in [0.4, 0.5) is 0 Å². The van der Waals surface area contributed by atoms with Gasteiger partial charge in [-0.2, -0.15) is 0 Å². The third-order valence-electron chi connectivity index (χ3n) is 4.94. The number of aromatic nitrogens is 3. The molecule has 146 valence electrons. The lowest BCUT2D eigenvalue weighted by Crippen LogP contribution is -2.43. The van der Waals surface area contributed by atoms with E-state index in [0.717, 1.165) is 49.3 Å².